The van der Waals surface area contributed by atoms with E-state index < -0.39 is 5.91 Å². The SMILES string of the molecule is Cc1cnc(C(=O)Nc2cccc(-c3nnnn3[C@H](C)CO)n2)cc1-n1cnc(C(C)(C)C)c1. The number of aliphatic hydroxyl groups excluding tert-OH is 1. The zero-order valence-corrected chi connectivity index (χ0v) is 19.8. The maximum Gasteiger partial charge on any atom is 0.275 e. The molecule has 0 aromatic carbocycles. The zero-order valence-electron chi connectivity index (χ0n) is 19.8. The van der Waals surface area contributed by atoms with Crippen molar-refractivity contribution in [3.05, 3.63) is 59.9 Å². The van der Waals surface area contributed by atoms with Gasteiger partial charge in [-0.25, -0.2) is 14.6 Å². The molecule has 0 aliphatic carbocycles. The van der Waals surface area contributed by atoms with Crippen LogP contribution in [0.3, 0.4) is 0 Å². The molecule has 1 atom stereocenters. The number of hydrogen-bond acceptors (Lipinski definition) is 8. The van der Waals surface area contributed by atoms with E-state index in [1.165, 1.54) is 4.68 Å². The van der Waals surface area contributed by atoms with Gasteiger partial charge in [-0.1, -0.05) is 26.8 Å². The van der Waals surface area contributed by atoms with Crippen molar-refractivity contribution in [2.24, 2.45) is 0 Å². The second-order valence-corrected chi connectivity index (χ2v) is 9.11. The highest BCUT2D eigenvalue weighted by molar-refractivity contribution is 6.02. The van der Waals surface area contributed by atoms with E-state index in [9.17, 15) is 9.90 Å². The first-order valence-corrected chi connectivity index (χ1v) is 10.9. The van der Waals surface area contributed by atoms with Crippen LogP contribution in [0, 0.1) is 6.92 Å². The van der Waals surface area contributed by atoms with Gasteiger partial charge in [0.1, 0.15) is 17.2 Å². The van der Waals surface area contributed by atoms with E-state index in [0.717, 1.165) is 16.9 Å². The van der Waals surface area contributed by atoms with Crippen molar-refractivity contribution in [1.29, 1.82) is 0 Å². The van der Waals surface area contributed by atoms with E-state index in [-0.39, 0.29) is 23.8 Å². The molecular weight excluding hydrogens is 434 g/mol. The van der Waals surface area contributed by atoms with Crippen molar-refractivity contribution >= 4 is 11.7 Å². The molecule has 0 fully saturated rings. The summed E-state index contributed by atoms with van der Waals surface area (Å²) in [6, 6.07) is 6.56. The number of nitrogens with zero attached hydrogens (tertiary/aromatic N) is 8. The second-order valence-electron chi connectivity index (χ2n) is 9.11. The Morgan fingerprint density at radius 3 is 2.74 bits per heavy atom. The molecule has 34 heavy (non-hydrogen) atoms. The Balaban J connectivity index is 1.59. The standard InChI is InChI=1S/C23H27N9O2/c1-14-10-24-17(9-18(14)31-11-19(25-13-31)23(3,4)5)22(34)27-20-8-6-7-16(26-20)21-28-29-30-32(21)15(2)12-33/h6-11,13,15,33H,12H2,1-5H3,(H,26,27,34)/t15-/m1/s1. The van der Waals surface area contributed by atoms with Crippen LogP contribution < -0.4 is 5.32 Å². The number of carbonyl (C=O) groups excluding carboxylic acids is 1. The number of rotatable bonds is 6. The van der Waals surface area contributed by atoms with Crippen LogP contribution in [0.5, 0.6) is 0 Å². The van der Waals surface area contributed by atoms with E-state index >= 15 is 0 Å². The fourth-order valence-corrected chi connectivity index (χ4v) is 3.30. The van der Waals surface area contributed by atoms with Gasteiger partial charge in [-0.15, -0.1) is 5.10 Å². The number of imidazole rings is 1. The quantitative estimate of drug-likeness (QED) is 0.447. The van der Waals surface area contributed by atoms with Crippen LogP contribution in [0.2, 0.25) is 0 Å². The zero-order chi connectivity index (χ0) is 24.5. The summed E-state index contributed by atoms with van der Waals surface area (Å²) in [7, 11) is 0. The van der Waals surface area contributed by atoms with Gasteiger partial charge in [0.25, 0.3) is 5.91 Å². The first-order valence-electron chi connectivity index (χ1n) is 10.9. The number of carbonyl (C=O) groups is 1. The maximum atomic E-state index is 13.0. The third-order valence-corrected chi connectivity index (χ3v) is 5.33. The molecule has 0 spiro atoms. The number of tetrazole rings is 1. The van der Waals surface area contributed by atoms with Crippen molar-refractivity contribution in [3.8, 4) is 17.2 Å². The molecule has 0 aliphatic rings. The van der Waals surface area contributed by atoms with Crippen LogP contribution in [0.25, 0.3) is 17.2 Å². The lowest BCUT2D eigenvalue weighted by Crippen LogP contribution is -2.16. The molecule has 0 saturated heterocycles. The summed E-state index contributed by atoms with van der Waals surface area (Å²) in [5, 5.41) is 23.8. The lowest BCUT2D eigenvalue weighted by molar-refractivity contribution is 0.102. The Bertz CT molecular complexity index is 1320. The number of hydrogen-bond donors (Lipinski definition) is 2. The summed E-state index contributed by atoms with van der Waals surface area (Å²) >= 11 is 0. The monoisotopic (exact) mass is 461 g/mol. The average Bonchev–Trinajstić information content (AvgIpc) is 3.49. The first kappa shape index (κ1) is 23.2. The highest BCUT2D eigenvalue weighted by Gasteiger charge is 2.19. The van der Waals surface area contributed by atoms with E-state index in [4.69, 9.17) is 0 Å². The Labute approximate surface area is 196 Å². The first-order chi connectivity index (χ1) is 16.2. The van der Waals surface area contributed by atoms with Crippen LogP contribution in [-0.2, 0) is 5.41 Å². The van der Waals surface area contributed by atoms with Crippen molar-refractivity contribution in [2.75, 3.05) is 11.9 Å². The molecule has 0 bridgehead atoms. The van der Waals surface area contributed by atoms with Crippen LogP contribution in [0.4, 0.5) is 5.82 Å². The van der Waals surface area contributed by atoms with Crippen molar-refractivity contribution in [2.45, 2.75) is 46.1 Å². The summed E-state index contributed by atoms with van der Waals surface area (Å²) in [5.74, 6) is 0.323. The van der Waals surface area contributed by atoms with E-state index in [1.54, 1.807) is 43.7 Å². The third kappa shape index (κ3) is 4.69. The molecule has 4 aromatic heterocycles. The fraction of sp³-hybridized carbons (Fsp3) is 0.348. The molecule has 11 heteroatoms. The molecule has 11 nitrogen and oxygen atoms in total. The number of aryl methyl sites for hydroxylation is 1. The van der Waals surface area contributed by atoms with Gasteiger partial charge in [0.15, 0.2) is 0 Å². The van der Waals surface area contributed by atoms with Crippen molar-refractivity contribution in [1.82, 2.24) is 39.7 Å². The summed E-state index contributed by atoms with van der Waals surface area (Å²) < 4.78 is 3.38. The Hall–Kier alpha value is -3.99. The Morgan fingerprint density at radius 2 is 2.03 bits per heavy atom. The number of amides is 1. The van der Waals surface area contributed by atoms with Crippen LogP contribution in [0.15, 0.2) is 43.0 Å². The lowest BCUT2D eigenvalue weighted by Gasteiger charge is -2.14. The van der Waals surface area contributed by atoms with Gasteiger partial charge in [0, 0.05) is 17.8 Å². The summed E-state index contributed by atoms with van der Waals surface area (Å²) in [6.07, 6.45) is 5.37. The number of aliphatic hydroxyl groups is 1. The molecule has 0 aliphatic heterocycles. The highest BCUT2D eigenvalue weighted by atomic mass is 16.3. The van der Waals surface area contributed by atoms with Gasteiger partial charge < -0.3 is 15.0 Å². The molecule has 0 radical (unpaired) electrons. The largest absolute Gasteiger partial charge is 0.394 e. The molecule has 4 rings (SSSR count). The Kier molecular flexibility index (Phi) is 6.20. The normalized spacial score (nSPS) is 12.5. The molecular formula is C23H27N9O2. The van der Waals surface area contributed by atoms with E-state index in [2.05, 4.69) is 56.6 Å². The summed E-state index contributed by atoms with van der Waals surface area (Å²) in [6.45, 7) is 9.90. The van der Waals surface area contributed by atoms with Crippen molar-refractivity contribution in [3.63, 3.8) is 0 Å². The minimum Gasteiger partial charge on any atom is -0.394 e. The van der Waals surface area contributed by atoms with Gasteiger partial charge in [0.05, 0.1) is 30.4 Å². The third-order valence-electron chi connectivity index (χ3n) is 5.33. The Morgan fingerprint density at radius 1 is 1.24 bits per heavy atom. The summed E-state index contributed by atoms with van der Waals surface area (Å²) in [5.41, 5.74) is 3.32. The minimum absolute atomic E-state index is 0.0855. The van der Waals surface area contributed by atoms with Crippen LogP contribution in [-0.4, -0.2) is 57.3 Å². The number of nitrogens with one attached hydrogen (secondary N) is 1. The molecule has 1 amide bonds. The fourth-order valence-electron chi connectivity index (χ4n) is 3.30. The molecule has 2 N–H and O–H groups in total. The second kappa shape index (κ2) is 9.10. The predicted octanol–water partition coefficient (Wildman–Crippen LogP) is 2.73. The van der Waals surface area contributed by atoms with Crippen molar-refractivity contribution < 1.29 is 9.90 Å². The molecule has 4 heterocycles. The number of pyridine rings is 2. The average molecular weight is 462 g/mol. The molecule has 4 aromatic rings. The van der Waals surface area contributed by atoms with Gasteiger partial charge >= 0.3 is 0 Å². The predicted molar refractivity (Wildman–Crippen MR) is 126 cm³/mol. The van der Waals surface area contributed by atoms with Crippen LogP contribution in [0.1, 0.15) is 55.5 Å². The van der Waals surface area contributed by atoms with E-state index in [1.807, 2.05) is 17.7 Å². The van der Waals surface area contributed by atoms with E-state index in [0.29, 0.717) is 17.3 Å². The van der Waals surface area contributed by atoms with Gasteiger partial charge in [-0.3, -0.25) is 9.78 Å². The highest BCUT2D eigenvalue weighted by Crippen LogP contribution is 2.23. The smallest absolute Gasteiger partial charge is 0.275 e. The topological polar surface area (TPSA) is 137 Å². The number of aromatic nitrogens is 8. The molecule has 0 saturated carbocycles. The molecule has 176 valence electrons. The number of anilines is 1. The minimum atomic E-state index is -0.398. The summed E-state index contributed by atoms with van der Waals surface area (Å²) in [4.78, 5) is 26.2. The molecule has 0 unspecified atom stereocenters. The maximum absolute atomic E-state index is 13.0. The van der Waals surface area contributed by atoms with Gasteiger partial charge in [-0.2, -0.15) is 0 Å². The lowest BCUT2D eigenvalue weighted by atomic mass is 9.93. The van der Waals surface area contributed by atoms with Gasteiger partial charge in [-0.05, 0) is 48.0 Å². The van der Waals surface area contributed by atoms with Crippen LogP contribution >= 0.6 is 0 Å². The van der Waals surface area contributed by atoms with Gasteiger partial charge in [0.2, 0.25) is 5.82 Å².